The van der Waals surface area contributed by atoms with Crippen LogP contribution in [0, 0.1) is 0 Å². The second-order valence-corrected chi connectivity index (χ2v) is 3.99. The molecule has 0 saturated carbocycles. The Kier molecular flexibility index (Phi) is 10.2. The Hall–Kier alpha value is -0.190. The van der Waals surface area contributed by atoms with Crippen LogP contribution in [0.2, 0.25) is 0 Å². The van der Waals surface area contributed by atoms with Crippen LogP contribution in [-0.2, 0) is 4.74 Å². The average Bonchev–Trinajstić information content (AvgIpc) is 2.25. The van der Waals surface area contributed by atoms with Crippen LogP contribution in [0.3, 0.4) is 0 Å². The average molecular weight is 232 g/mol. The van der Waals surface area contributed by atoms with Crippen molar-refractivity contribution in [1.29, 1.82) is 0 Å². The van der Waals surface area contributed by atoms with Crippen molar-refractivity contribution in [2.45, 2.75) is 33.1 Å². The summed E-state index contributed by atoms with van der Waals surface area (Å²) in [5, 5.41) is 0.714. The predicted octanol–water partition coefficient (Wildman–Crippen LogP) is 1.80. The molecule has 0 aliphatic heterocycles. The Bertz CT molecular complexity index is 161. The molecule has 0 saturated heterocycles. The quantitative estimate of drug-likeness (QED) is 0.486. The predicted molar refractivity (Wildman–Crippen MR) is 69.2 cm³/mol. The summed E-state index contributed by atoms with van der Waals surface area (Å²) in [5.41, 5.74) is 5.40. The minimum absolute atomic E-state index is 0.714. The van der Waals surface area contributed by atoms with E-state index in [0.717, 1.165) is 52.0 Å². The number of nitrogens with zero attached hydrogens (tertiary/aromatic N) is 1. The molecular formula is C11H24N2OS. The van der Waals surface area contributed by atoms with Crippen molar-refractivity contribution in [1.82, 2.24) is 4.90 Å². The van der Waals surface area contributed by atoms with Gasteiger partial charge in [-0.15, -0.1) is 0 Å². The van der Waals surface area contributed by atoms with Crippen molar-refractivity contribution in [2.75, 3.05) is 32.8 Å². The number of ether oxygens (including phenoxy) is 1. The second-order valence-electron chi connectivity index (χ2n) is 3.53. The lowest BCUT2D eigenvalue weighted by atomic mass is 10.2. The third kappa shape index (κ3) is 8.78. The molecule has 0 spiro atoms. The zero-order valence-corrected chi connectivity index (χ0v) is 10.8. The number of nitrogens with two attached hydrogens (primary N) is 1. The maximum absolute atomic E-state index is 5.47. The van der Waals surface area contributed by atoms with Crippen LogP contribution in [0.1, 0.15) is 33.1 Å². The standard InChI is InChI=1S/C11H24N2OS/c1-3-13(4-2)10-11(15)14-9-7-5-6-8-12/h3-10,12H2,1-2H3. The number of likely N-dealkylation sites (N-methyl/N-ethyl adjacent to an activating group) is 1. The fraction of sp³-hybridized carbons (Fsp3) is 0.909. The van der Waals surface area contributed by atoms with Crippen molar-refractivity contribution >= 4 is 17.3 Å². The van der Waals surface area contributed by atoms with Gasteiger partial charge in [0, 0.05) is 0 Å². The van der Waals surface area contributed by atoms with Gasteiger partial charge in [-0.25, -0.2) is 0 Å². The molecule has 0 atom stereocenters. The molecule has 0 aliphatic rings. The first-order valence-corrected chi connectivity index (χ1v) is 6.23. The molecule has 4 heteroatoms. The summed E-state index contributed by atoms with van der Waals surface area (Å²) < 4.78 is 5.47. The summed E-state index contributed by atoms with van der Waals surface area (Å²) in [4.78, 5) is 2.25. The normalized spacial score (nSPS) is 10.7. The van der Waals surface area contributed by atoms with Crippen molar-refractivity contribution in [3.05, 3.63) is 0 Å². The summed E-state index contributed by atoms with van der Waals surface area (Å²) in [7, 11) is 0. The van der Waals surface area contributed by atoms with E-state index in [1.54, 1.807) is 0 Å². The Morgan fingerprint density at radius 3 is 2.40 bits per heavy atom. The van der Waals surface area contributed by atoms with Crippen molar-refractivity contribution in [3.8, 4) is 0 Å². The van der Waals surface area contributed by atoms with Crippen LogP contribution in [0.5, 0.6) is 0 Å². The molecule has 0 aromatic carbocycles. The van der Waals surface area contributed by atoms with E-state index in [-0.39, 0.29) is 0 Å². The minimum atomic E-state index is 0.714. The van der Waals surface area contributed by atoms with E-state index >= 15 is 0 Å². The van der Waals surface area contributed by atoms with Gasteiger partial charge in [0.05, 0.1) is 13.2 Å². The molecule has 15 heavy (non-hydrogen) atoms. The summed E-state index contributed by atoms with van der Waals surface area (Å²) in [6, 6.07) is 0. The number of unbranched alkanes of at least 4 members (excludes halogenated alkanes) is 2. The van der Waals surface area contributed by atoms with Crippen LogP contribution in [-0.4, -0.2) is 42.7 Å². The summed E-state index contributed by atoms with van der Waals surface area (Å²) in [6.45, 7) is 8.59. The molecule has 0 bridgehead atoms. The Morgan fingerprint density at radius 2 is 1.87 bits per heavy atom. The SMILES string of the molecule is CCN(CC)CC(=S)OCCCCCN. The molecule has 0 fully saturated rings. The van der Waals surface area contributed by atoms with Gasteiger partial charge in [0.15, 0.2) is 5.05 Å². The molecule has 0 radical (unpaired) electrons. The van der Waals surface area contributed by atoms with E-state index in [1.165, 1.54) is 0 Å². The van der Waals surface area contributed by atoms with Gasteiger partial charge in [-0.05, 0) is 51.1 Å². The smallest absolute Gasteiger partial charge is 0.173 e. The van der Waals surface area contributed by atoms with Gasteiger partial charge in [0.2, 0.25) is 0 Å². The van der Waals surface area contributed by atoms with Gasteiger partial charge in [0.25, 0.3) is 0 Å². The molecule has 90 valence electrons. The van der Waals surface area contributed by atoms with E-state index in [1.807, 2.05) is 0 Å². The summed E-state index contributed by atoms with van der Waals surface area (Å²) in [5.74, 6) is 0. The van der Waals surface area contributed by atoms with E-state index in [2.05, 4.69) is 18.7 Å². The second kappa shape index (κ2) is 10.3. The molecular weight excluding hydrogens is 208 g/mol. The topological polar surface area (TPSA) is 38.5 Å². The monoisotopic (exact) mass is 232 g/mol. The largest absolute Gasteiger partial charge is 0.486 e. The van der Waals surface area contributed by atoms with E-state index in [0.29, 0.717) is 5.05 Å². The van der Waals surface area contributed by atoms with Crippen LogP contribution < -0.4 is 5.73 Å². The Labute approximate surface area is 99.0 Å². The summed E-state index contributed by atoms with van der Waals surface area (Å²) in [6.07, 6.45) is 3.26. The van der Waals surface area contributed by atoms with Gasteiger partial charge in [-0.1, -0.05) is 13.8 Å². The van der Waals surface area contributed by atoms with Crippen molar-refractivity contribution in [3.63, 3.8) is 0 Å². The van der Waals surface area contributed by atoms with E-state index in [4.69, 9.17) is 22.7 Å². The lowest BCUT2D eigenvalue weighted by Gasteiger charge is -2.18. The van der Waals surface area contributed by atoms with Crippen LogP contribution >= 0.6 is 12.2 Å². The Balaban J connectivity index is 3.40. The minimum Gasteiger partial charge on any atom is -0.486 e. The maximum Gasteiger partial charge on any atom is 0.173 e. The first kappa shape index (κ1) is 14.8. The van der Waals surface area contributed by atoms with Gasteiger partial charge >= 0.3 is 0 Å². The first-order valence-electron chi connectivity index (χ1n) is 5.82. The summed E-state index contributed by atoms with van der Waals surface area (Å²) >= 11 is 5.15. The van der Waals surface area contributed by atoms with E-state index in [9.17, 15) is 0 Å². The molecule has 0 aromatic rings. The van der Waals surface area contributed by atoms with Crippen LogP contribution in [0.4, 0.5) is 0 Å². The lowest BCUT2D eigenvalue weighted by Crippen LogP contribution is -2.29. The first-order chi connectivity index (χ1) is 7.24. The molecule has 3 nitrogen and oxygen atoms in total. The molecule has 0 aromatic heterocycles. The number of hydrogen-bond donors (Lipinski definition) is 1. The number of rotatable bonds is 9. The zero-order chi connectivity index (χ0) is 11.5. The molecule has 0 aliphatic carbocycles. The van der Waals surface area contributed by atoms with Gasteiger partial charge < -0.3 is 10.5 Å². The highest BCUT2D eigenvalue weighted by molar-refractivity contribution is 7.80. The fourth-order valence-electron chi connectivity index (χ4n) is 1.28. The third-order valence-electron chi connectivity index (χ3n) is 2.36. The third-order valence-corrected chi connectivity index (χ3v) is 2.61. The van der Waals surface area contributed by atoms with Gasteiger partial charge in [-0.2, -0.15) is 0 Å². The lowest BCUT2D eigenvalue weighted by molar-refractivity contribution is 0.264. The van der Waals surface area contributed by atoms with Gasteiger partial charge in [-0.3, -0.25) is 4.90 Å². The maximum atomic E-state index is 5.47. The molecule has 2 N–H and O–H groups in total. The van der Waals surface area contributed by atoms with Gasteiger partial charge in [0.1, 0.15) is 0 Å². The highest BCUT2D eigenvalue weighted by Gasteiger charge is 2.03. The highest BCUT2D eigenvalue weighted by Crippen LogP contribution is 1.97. The van der Waals surface area contributed by atoms with Crippen LogP contribution in [0.25, 0.3) is 0 Å². The van der Waals surface area contributed by atoms with Crippen LogP contribution in [0.15, 0.2) is 0 Å². The van der Waals surface area contributed by atoms with E-state index < -0.39 is 0 Å². The highest BCUT2D eigenvalue weighted by atomic mass is 32.1. The van der Waals surface area contributed by atoms with Crippen molar-refractivity contribution < 1.29 is 4.74 Å². The van der Waals surface area contributed by atoms with Crippen molar-refractivity contribution in [2.24, 2.45) is 5.73 Å². The molecule has 0 rings (SSSR count). The molecule has 0 unspecified atom stereocenters. The molecule has 0 heterocycles. The number of thiocarbonyl (C=S) groups is 1. The molecule has 0 amide bonds. The zero-order valence-electron chi connectivity index (χ0n) is 10.00. The Morgan fingerprint density at radius 1 is 1.20 bits per heavy atom. The fourth-order valence-corrected chi connectivity index (χ4v) is 1.55. The number of hydrogen-bond acceptors (Lipinski definition) is 4.